The Kier molecular flexibility index (Phi) is 4.32. The first-order chi connectivity index (χ1) is 9.86. The van der Waals surface area contributed by atoms with Gasteiger partial charge in [-0.25, -0.2) is 13.4 Å². The number of amides is 1. The van der Waals surface area contributed by atoms with E-state index < -0.39 is 15.8 Å². The average molecular weight is 308 g/mol. The van der Waals surface area contributed by atoms with Gasteiger partial charge in [0, 0.05) is 19.0 Å². The van der Waals surface area contributed by atoms with Gasteiger partial charge >= 0.3 is 0 Å². The number of hydrogen-bond acceptors (Lipinski definition) is 4. The minimum Gasteiger partial charge on any atom is -0.348 e. The topological polar surface area (TPSA) is 76.1 Å². The molecule has 0 spiro atoms. The highest BCUT2D eigenvalue weighted by atomic mass is 32.2. The number of rotatable bonds is 4. The van der Waals surface area contributed by atoms with E-state index in [0.717, 1.165) is 24.1 Å². The molecule has 0 saturated heterocycles. The molecule has 1 N–H and O–H groups in total. The lowest BCUT2D eigenvalue weighted by atomic mass is 10.2. The molecule has 1 aromatic heterocycles. The number of carbonyl (C=O) groups excluding carboxylic acids is 1. The van der Waals surface area contributed by atoms with E-state index >= 15 is 0 Å². The summed E-state index contributed by atoms with van der Waals surface area (Å²) in [4.78, 5) is 15.4. The quantitative estimate of drug-likeness (QED) is 0.870. The third-order valence-electron chi connectivity index (χ3n) is 2.79. The number of hydrogen-bond donors (Lipinski definition) is 1. The summed E-state index contributed by atoms with van der Waals surface area (Å²) in [5.41, 5.74) is 1.01. The van der Waals surface area contributed by atoms with Gasteiger partial charge < -0.3 is 5.32 Å². The highest BCUT2D eigenvalue weighted by Gasteiger charge is 2.08. The van der Waals surface area contributed by atoms with Gasteiger partial charge in [0.2, 0.25) is 5.95 Å². The Morgan fingerprint density at radius 1 is 1.19 bits per heavy atom. The fourth-order valence-corrected chi connectivity index (χ4v) is 2.28. The van der Waals surface area contributed by atoms with Crippen LogP contribution in [-0.2, 0) is 16.4 Å². The van der Waals surface area contributed by atoms with Gasteiger partial charge in [-0.3, -0.25) is 4.79 Å². The van der Waals surface area contributed by atoms with E-state index in [1.165, 1.54) is 18.2 Å². The number of nitrogens with one attached hydrogen (secondary N) is 1. The number of nitrogens with zero attached hydrogens (tertiary/aromatic N) is 1. The number of benzene rings is 1. The molecule has 2 aromatic rings. The Balaban J connectivity index is 2.00. The molecular weight excluding hydrogens is 295 g/mol. The molecule has 0 atom stereocenters. The summed E-state index contributed by atoms with van der Waals surface area (Å²) in [5, 5.41) is 2.64. The van der Waals surface area contributed by atoms with Crippen molar-refractivity contribution >= 4 is 15.7 Å². The largest absolute Gasteiger partial charge is 0.348 e. The van der Waals surface area contributed by atoms with Crippen LogP contribution in [0, 0.1) is 5.95 Å². The van der Waals surface area contributed by atoms with Gasteiger partial charge in [0.15, 0.2) is 9.84 Å². The molecule has 0 saturated carbocycles. The lowest BCUT2D eigenvalue weighted by Gasteiger charge is -2.06. The highest BCUT2D eigenvalue weighted by molar-refractivity contribution is 7.90. The summed E-state index contributed by atoms with van der Waals surface area (Å²) in [6.45, 7) is 0.236. The molecule has 1 heterocycles. The van der Waals surface area contributed by atoms with Gasteiger partial charge in [-0.2, -0.15) is 4.39 Å². The SMILES string of the molecule is CS(=O)(=O)c1ccc(CNC(=O)c2ccc(F)nc2)cc1. The van der Waals surface area contributed by atoms with Crippen LogP contribution < -0.4 is 5.32 Å². The van der Waals surface area contributed by atoms with Crippen molar-refractivity contribution in [2.24, 2.45) is 0 Å². The number of aromatic nitrogens is 1. The third-order valence-corrected chi connectivity index (χ3v) is 3.92. The molecule has 5 nitrogen and oxygen atoms in total. The minimum atomic E-state index is -3.23. The first-order valence-electron chi connectivity index (χ1n) is 6.05. The number of pyridine rings is 1. The van der Waals surface area contributed by atoms with Gasteiger partial charge in [-0.1, -0.05) is 12.1 Å². The number of halogens is 1. The normalized spacial score (nSPS) is 11.1. The van der Waals surface area contributed by atoms with E-state index in [9.17, 15) is 17.6 Å². The fraction of sp³-hybridized carbons (Fsp3) is 0.143. The maximum absolute atomic E-state index is 12.6. The zero-order chi connectivity index (χ0) is 15.5. The summed E-state index contributed by atoms with van der Waals surface area (Å²) in [6, 6.07) is 8.66. The summed E-state index contributed by atoms with van der Waals surface area (Å²) in [5.74, 6) is -1.03. The van der Waals surface area contributed by atoms with Crippen molar-refractivity contribution in [2.45, 2.75) is 11.4 Å². The first-order valence-corrected chi connectivity index (χ1v) is 7.94. The molecule has 1 amide bonds. The lowest BCUT2D eigenvalue weighted by molar-refractivity contribution is 0.0950. The molecule has 7 heteroatoms. The van der Waals surface area contributed by atoms with Crippen molar-refractivity contribution in [3.63, 3.8) is 0 Å². The van der Waals surface area contributed by atoms with Crippen molar-refractivity contribution in [3.8, 4) is 0 Å². The molecule has 2 rings (SSSR count). The van der Waals surface area contributed by atoms with Gasteiger partial charge in [-0.15, -0.1) is 0 Å². The van der Waals surface area contributed by atoms with Gasteiger partial charge in [0.1, 0.15) is 0 Å². The third kappa shape index (κ3) is 4.09. The van der Waals surface area contributed by atoms with Crippen LogP contribution >= 0.6 is 0 Å². The standard InChI is InChI=1S/C14H13FN2O3S/c1-21(19,20)12-5-2-10(3-6-12)8-17-14(18)11-4-7-13(15)16-9-11/h2-7,9H,8H2,1H3,(H,17,18). The van der Waals surface area contributed by atoms with Crippen molar-refractivity contribution in [1.29, 1.82) is 0 Å². The van der Waals surface area contributed by atoms with Crippen LogP contribution in [0.3, 0.4) is 0 Å². The van der Waals surface area contributed by atoms with Crippen molar-refractivity contribution in [3.05, 3.63) is 59.7 Å². The Labute approximate surface area is 121 Å². The molecular formula is C14H13FN2O3S. The zero-order valence-corrected chi connectivity index (χ0v) is 12.0. The molecule has 0 aliphatic rings. The fourth-order valence-electron chi connectivity index (χ4n) is 1.65. The smallest absolute Gasteiger partial charge is 0.253 e. The van der Waals surface area contributed by atoms with Crippen molar-refractivity contribution in [1.82, 2.24) is 10.3 Å². The van der Waals surface area contributed by atoms with E-state index in [-0.39, 0.29) is 22.9 Å². The second kappa shape index (κ2) is 6.01. The van der Waals surface area contributed by atoms with E-state index in [1.807, 2.05) is 0 Å². The predicted molar refractivity (Wildman–Crippen MR) is 74.9 cm³/mol. The summed E-state index contributed by atoms with van der Waals surface area (Å²) in [6.07, 6.45) is 2.28. The molecule has 110 valence electrons. The highest BCUT2D eigenvalue weighted by Crippen LogP contribution is 2.10. The van der Waals surface area contributed by atoms with Crippen LogP contribution in [0.25, 0.3) is 0 Å². The summed E-state index contributed by atoms with van der Waals surface area (Å²) >= 11 is 0. The van der Waals surface area contributed by atoms with E-state index in [2.05, 4.69) is 10.3 Å². The predicted octanol–water partition coefficient (Wildman–Crippen LogP) is 1.55. The second-order valence-corrected chi connectivity index (χ2v) is 6.48. The van der Waals surface area contributed by atoms with Crippen LogP contribution in [0.1, 0.15) is 15.9 Å². The molecule has 1 aromatic carbocycles. The number of carbonyl (C=O) groups is 1. The van der Waals surface area contributed by atoms with Crippen molar-refractivity contribution < 1.29 is 17.6 Å². The van der Waals surface area contributed by atoms with E-state index in [0.29, 0.717) is 0 Å². The summed E-state index contributed by atoms with van der Waals surface area (Å²) in [7, 11) is -3.23. The van der Waals surface area contributed by atoms with Crippen LogP contribution in [0.5, 0.6) is 0 Å². The first kappa shape index (κ1) is 15.1. The minimum absolute atomic E-state index is 0.223. The Bertz CT molecular complexity index is 741. The van der Waals surface area contributed by atoms with Gasteiger partial charge in [0.05, 0.1) is 10.5 Å². The average Bonchev–Trinajstić information content (AvgIpc) is 2.45. The number of sulfone groups is 1. The maximum atomic E-state index is 12.6. The zero-order valence-electron chi connectivity index (χ0n) is 11.2. The molecule has 0 aliphatic carbocycles. The van der Waals surface area contributed by atoms with Gasteiger partial charge in [0.25, 0.3) is 5.91 Å². The molecule has 21 heavy (non-hydrogen) atoms. The Morgan fingerprint density at radius 3 is 2.38 bits per heavy atom. The molecule has 0 aliphatic heterocycles. The maximum Gasteiger partial charge on any atom is 0.253 e. The summed E-state index contributed by atoms with van der Waals surface area (Å²) < 4.78 is 35.3. The van der Waals surface area contributed by atoms with E-state index in [4.69, 9.17) is 0 Å². The Morgan fingerprint density at radius 2 is 1.86 bits per heavy atom. The molecule has 0 bridgehead atoms. The Hall–Kier alpha value is -2.28. The van der Waals surface area contributed by atoms with Crippen LogP contribution in [0.2, 0.25) is 0 Å². The second-order valence-electron chi connectivity index (χ2n) is 4.47. The van der Waals surface area contributed by atoms with Crippen molar-refractivity contribution in [2.75, 3.05) is 6.26 Å². The molecule has 0 radical (unpaired) electrons. The van der Waals surface area contributed by atoms with Crippen LogP contribution in [-0.4, -0.2) is 25.6 Å². The van der Waals surface area contributed by atoms with E-state index in [1.54, 1.807) is 12.1 Å². The van der Waals surface area contributed by atoms with Gasteiger partial charge in [-0.05, 0) is 29.8 Å². The molecule has 0 unspecified atom stereocenters. The van der Waals surface area contributed by atoms with Crippen LogP contribution in [0.4, 0.5) is 4.39 Å². The monoisotopic (exact) mass is 308 g/mol. The lowest BCUT2D eigenvalue weighted by Crippen LogP contribution is -2.23. The van der Waals surface area contributed by atoms with Crippen LogP contribution in [0.15, 0.2) is 47.5 Å². The molecule has 0 fully saturated rings.